The molecule has 0 fully saturated rings. The fraction of sp³-hybridized carbons (Fsp3) is 0. The van der Waals surface area contributed by atoms with Crippen molar-refractivity contribution in [3.63, 3.8) is 0 Å². The van der Waals surface area contributed by atoms with Crippen LogP contribution in [0.15, 0.2) is 304 Å². The van der Waals surface area contributed by atoms with Gasteiger partial charge in [-0.05, 0) is 133 Å². The van der Waals surface area contributed by atoms with Crippen molar-refractivity contribution in [2.24, 2.45) is 0 Å². The summed E-state index contributed by atoms with van der Waals surface area (Å²) in [5.74, 6) is 0. The largest absolute Gasteiger partial charge is 0.309 e. The van der Waals surface area contributed by atoms with E-state index in [2.05, 4.69) is 282 Å². The monoisotopic (exact) mass is 1270 g/mol. The van der Waals surface area contributed by atoms with Crippen molar-refractivity contribution in [1.82, 2.24) is 47.0 Å². The minimum Gasteiger partial charge on any atom is -0.309 e. The minimum absolute atomic E-state index is 0.658. The van der Waals surface area contributed by atoms with Crippen LogP contribution in [0.3, 0.4) is 0 Å². The van der Waals surface area contributed by atoms with E-state index in [1.54, 1.807) is 0 Å². The SMILES string of the molecule is c1ccc(-c2nc3c(nc2-c2ccccn2)c2c4cc(-n5c6ccccc6c6ccccc65)cc5c6cc(-n7c8ccccc8c8ccccc87)ccc6n(c54)c2c2c3c3cc(-n4c5ccccc5c5ccccc54)cc4c5cc(-n6c7ccccc7c7ccccc76)ccc5n2c43)nc1. The summed E-state index contributed by atoms with van der Waals surface area (Å²) in [7, 11) is 0. The second kappa shape index (κ2) is 19.1. The maximum absolute atomic E-state index is 6.11. The Balaban J connectivity index is 0.940. The first-order valence-electron chi connectivity index (χ1n) is 34.1. The Hall–Kier alpha value is -13.7. The van der Waals surface area contributed by atoms with Gasteiger partial charge >= 0.3 is 0 Å². The first kappa shape index (κ1) is 52.6. The molecule has 460 valence electrons. The van der Waals surface area contributed by atoms with Gasteiger partial charge in [-0.25, -0.2) is 9.97 Å². The Labute approximate surface area is 567 Å². The maximum atomic E-state index is 6.11. The van der Waals surface area contributed by atoms with Gasteiger partial charge in [0.25, 0.3) is 0 Å². The van der Waals surface area contributed by atoms with E-state index in [4.69, 9.17) is 19.9 Å². The Bertz CT molecular complexity index is 7040. The van der Waals surface area contributed by atoms with E-state index in [1.807, 2.05) is 48.8 Å². The Morgan fingerprint density at radius 1 is 0.200 bits per heavy atom. The van der Waals surface area contributed by atoms with Crippen LogP contribution in [-0.4, -0.2) is 47.0 Å². The molecule has 100 heavy (non-hydrogen) atoms. The number of benzene rings is 13. The molecule has 24 rings (SSSR count). The lowest BCUT2D eigenvalue weighted by atomic mass is 10.0. The molecule has 0 aliphatic carbocycles. The number of aromatic nitrogens is 10. The highest BCUT2D eigenvalue weighted by molar-refractivity contribution is 6.40. The van der Waals surface area contributed by atoms with E-state index in [0.29, 0.717) is 22.8 Å². The molecule has 11 aromatic heterocycles. The molecule has 0 bridgehead atoms. The number of rotatable bonds is 6. The number of hydrogen-bond acceptors (Lipinski definition) is 4. The van der Waals surface area contributed by atoms with Crippen LogP contribution in [-0.2, 0) is 0 Å². The molecular formula is C90H50N10. The van der Waals surface area contributed by atoms with Crippen molar-refractivity contribution < 1.29 is 0 Å². The van der Waals surface area contributed by atoms with Gasteiger partial charge in [-0.2, -0.15) is 0 Å². The Morgan fingerprint density at radius 3 is 0.770 bits per heavy atom. The lowest BCUT2D eigenvalue weighted by Gasteiger charge is -2.14. The molecule has 13 aromatic carbocycles. The zero-order chi connectivity index (χ0) is 64.7. The van der Waals surface area contributed by atoms with Crippen LogP contribution in [0.5, 0.6) is 0 Å². The summed E-state index contributed by atoms with van der Waals surface area (Å²) in [6, 6.07) is 107. The fourth-order valence-electron chi connectivity index (χ4n) is 18.0. The average Bonchev–Trinajstić information content (AvgIpc) is 1.49. The van der Waals surface area contributed by atoms with E-state index in [9.17, 15) is 0 Å². The van der Waals surface area contributed by atoms with Crippen LogP contribution >= 0.6 is 0 Å². The van der Waals surface area contributed by atoms with Gasteiger partial charge in [-0.15, -0.1) is 0 Å². The van der Waals surface area contributed by atoms with E-state index < -0.39 is 0 Å². The van der Waals surface area contributed by atoms with Crippen LogP contribution < -0.4 is 0 Å². The molecule has 24 aromatic rings. The fourth-order valence-corrected chi connectivity index (χ4v) is 18.0. The highest BCUT2D eigenvalue weighted by Crippen LogP contribution is 2.53. The molecule has 10 heteroatoms. The number of para-hydroxylation sites is 8. The van der Waals surface area contributed by atoms with Crippen molar-refractivity contribution in [1.29, 1.82) is 0 Å². The quantitative estimate of drug-likeness (QED) is 0.166. The van der Waals surface area contributed by atoms with Crippen LogP contribution in [0.2, 0.25) is 0 Å². The zero-order valence-electron chi connectivity index (χ0n) is 53.3. The van der Waals surface area contributed by atoms with Crippen LogP contribution in [0.4, 0.5) is 0 Å². The number of fused-ring (bicyclic) bond motifs is 28. The van der Waals surface area contributed by atoms with Crippen LogP contribution in [0, 0.1) is 0 Å². The summed E-state index contributed by atoms with van der Waals surface area (Å²) >= 11 is 0. The highest BCUT2D eigenvalue weighted by atomic mass is 15.0. The molecule has 0 unspecified atom stereocenters. The third kappa shape index (κ3) is 6.66. The lowest BCUT2D eigenvalue weighted by molar-refractivity contribution is 1.18. The molecule has 0 aliphatic rings. The molecule has 0 radical (unpaired) electrons. The first-order valence-corrected chi connectivity index (χ1v) is 34.1. The van der Waals surface area contributed by atoms with E-state index in [-0.39, 0.29) is 0 Å². The number of hydrogen-bond donors (Lipinski definition) is 0. The summed E-state index contributed by atoms with van der Waals surface area (Å²) in [5.41, 5.74) is 24.3. The van der Waals surface area contributed by atoms with Crippen molar-refractivity contribution in [2.75, 3.05) is 0 Å². The van der Waals surface area contributed by atoms with Gasteiger partial charge < -0.3 is 27.1 Å². The topological polar surface area (TPSA) is 80.1 Å². The zero-order valence-corrected chi connectivity index (χ0v) is 53.3. The molecular weight excluding hydrogens is 1220 g/mol. The van der Waals surface area contributed by atoms with Crippen molar-refractivity contribution in [2.45, 2.75) is 0 Å². The van der Waals surface area contributed by atoms with Crippen LogP contribution in [0.25, 0.3) is 220 Å². The standard InChI is InChI=1S/C90H50N10/c1-9-31-71-55(21-1)56-22-2-10-32-72(56)95(71)51-39-41-79-63(45-51)65-47-53(97-75-35-13-5-25-59(75)60-26-6-14-36-76(60)97)49-67-81-85-86(94-84(70-30-18-20-44-92-70)83(93-85)69-29-17-19-43-91-69)82-68-50-54(98-77-37-15-7-27-61(77)62-28-8-16-38-78(62)98)48-66-64-46-52(96-73-33-11-3-23-57(73)58-24-4-12-34-74(58)96)40-42-80(64)100(88(66)68)90(82)89(81)99(79)87(65)67/h1-50H. The smallest absolute Gasteiger partial charge is 0.117 e. The predicted molar refractivity (Wildman–Crippen MR) is 413 cm³/mol. The molecule has 10 nitrogen and oxygen atoms in total. The van der Waals surface area contributed by atoms with Crippen LogP contribution in [0.1, 0.15) is 0 Å². The van der Waals surface area contributed by atoms with Crippen molar-refractivity contribution in [3.8, 4) is 45.5 Å². The summed E-state index contributed by atoms with van der Waals surface area (Å²) in [6.07, 6.45) is 3.70. The third-order valence-corrected chi connectivity index (χ3v) is 21.9. The second-order valence-corrected chi connectivity index (χ2v) is 26.8. The molecule has 0 N–H and O–H groups in total. The van der Waals surface area contributed by atoms with E-state index in [0.717, 1.165) is 154 Å². The number of nitrogens with zero attached hydrogens (tertiary/aromatic N) is 10. The number of pyridine rings is 2. The van der Waals surface area contributed by atoms with Crippen molar-refractivity contribution >= 4 is 174 Å². The van der Waals surface area contributed by atoms with Gasteiger partial charge in [0.1, 0.15) is 22.4 Å². The van der Waals surface area contributed by atoms with Gasteiger partial charge in [0.15, 0.2) is 0 Å². The highest BCUT2D eigenvalue weighted by Gasteiger charge is 2.33. The van der Waals surface area contributed by atoms with Crippen molar-refractivity contribution in [3.05, 3.63) is 304 Å². The molecule has 0 atom stereocenters. The van der Waals surface area contributed by atoms with Gasteiger partial charge in [0.05, 0.1) is 88.6 Å². The molecule has 0 spiro atoms. The molecule has 0 saturated carbocycles. The van der Waals surface area contributed by atoms with Gasteiger partial charge in [0, 0.05) is 121 Å². The third-order valence-electron chi connectivity index (χ3n) is 21.9. The molecule has 0 amide bonds. The Kier molecular flexibility index (Phi) is 10.0. The summed E-state index contributed by atoms with van der Waals surface area (Å²) in [4.78, 5) is 22.4. The Morgan fingerprint density at radius 2 is 0.470 bits per heavy atom. The first-order chi connectivity index (χ1) is 49.7. The van der Waals surface area contributed by atoms with Gasteiger partial charge in [0.2, 0.25) is 0 Å². The van der Waals surface area contributed by atoms with Gasteiger partial charge in [-0.1, -0.05) is 158 Å². The lowest BCUT2D eigenvalue weighted by Crippen LogP contribution is -2.00. The molecule has 11 heterocycles. The molecule has 0 aliphatic heterocycles. The second-order valence-electron chi connectivity index (χ2n) is 26.8. The van der Waals surface area contributed by atoms with E-state index in [1.165, 1.54) is 43.1 Å². The summed E-state index contributed by atoms with van der Waals surface area (Å²) in [6.45, 7) is 0. The van der Waals surface area contributed by atoms with Gasteiger partial charge in [-0.3, -0.25) is 9.97 Å². The minimum atomic E-state index is 0.658. The molecule has 0 saturated heterocycles. The summed E-state index contributed by atoms with van der Waals surface area (Å²) < 4.78 is 15.0. The predicted octanol–water partition coefficient (Wildman–Crippen LogP) is 22.4. The summed E-state index contributed by atoms with van der Waals surface area (Å²) in [5, 5.41) is 18.4. The average molecular weight is 1270 g/mol. The maximum Gasteiger partial charge on any atom is 0.117 e. The normalized spacial score (nSPS) is 12.6. The van der Waals surface area contributed by atoms with E-state index >= 15 is 0 Å².